The van der Waals surface area contributed by atoms with Gasteiger partial charge in [-0.1, -0.05) is 30.3 Å². The highest BCUT2D eigenvalue weighted by molar-refractivity contribution is 6.51. The second-order valence-electron chi connectivity index (χ2n) is 7.17. The summed E-state index contributed by atoms with van der Waals surface area (Å²) in [5, 5.41) is 21.3. The lowest BCUT2D eigenvalue weighted by Crippen LogP contribution is -2.29. The predicted octanol–water partition coefficient (Wildman–Crippen LogP) is 4.04. The number of phenolic OH excluding ortho intramolecular Hbond substituents is 1. The quantitative estimate of drug-likeness (QED) is 0.360. The smallest absolute Gasteiger partial charge is 0.300 e. The Morgan fingerprint density at radius 2 is 1.66 bits per heavy atom. The van der Waals surface area contributed by atoms with Crippen LogP contribution in [0.1, 0.15) is 17.2 Å². The molecule has 1 aliphatic rings. The number of ketones is 1. The van der Waals surface area contributed by atoms with Gasteiger partial charge in [0.15, 0.2) is 0 Å². The van der Waals surface area contributed by atoms with Crippen LogP contribution in [0.5, 0.6) is 17.2 Å². The molecule has 0 aromatic heterocycles. The number of methoxy groups -OCH3 is 2. The molecule has 1 fully saturated rings. The highest BCUT2D eigenvalue weighted by atomic mass is 16.5. The number of carbonyl (C=O) groups excluding carboxylic acids is 2. The summed E-state index contributed by atoms with van der Waals surface area (Å²) in [5.41, 5.74) is 1.05. The maximum Gasteiger partial charge on any atom is 0.300 e. The van der Waals surface area contributed by atoms with Crippen LogP contribution in [0.25, 0.3) is 5.76 Å². The second-order valence-corrected chi connectivity index (χ2v) is 7.17. The van der Waals surface area contributed by atoms with Gasteiger partial charge in [0.2, 0.25) is 0 Å². The van der Waals surface area contributed by atoms with Gasteiger partial charge in [0.05, 0.1) is 31.4 Å². The summed E-state index contributed by atoms with van der Waals surface area (Å²) in [6.07, 6.45) is 0. The van der Waals surface area contributed by atoms with Crippen LogP contribution >= 0.6 is 0 Å². The molecular formula is C25H21NO6. The fourth-order valence-corrected chi connectivity index (χ4v) is 3.84. The Hall–Kier alpha value is -4.26. The first kappa shape index (κ1) is 21.0. The Morgan fingerprint density at radius 3 is 2.31 bits per heavy atom. The molecule has 0 bridgehead atoms. The van der Waals surface area contributed by atoms with Crippen molar-refractivity contribution in [2.24, 2.45) is 0 Å². The highest BCUT2D eigenvalue weighted by Gasteiger charge is 2.47. The van der Waals surface area contributed by atoms with E-state index in [9.17, 15) is 19.8 Å². The van der Waals surface area contributed by atoms with Gasteiger partial charge in [-0.15, -0.1) is 0 Å². The van der Waals surface area contributed by atoms with E-state index < -0.39 is 23.5 Å². The van der Waals surface area contributed by atoms with Gasteiger partial charge < -0.3 is 19.7 Å². The third kappa shape index (κ3) is 3.54. The number of hydrogen-bond donors (Lipinski definition) is 2. The Bertz CT molecular complexity index is 1220. The molecule has 1 amide bonds. The first-order valence-electron chi connectivity index (χ1n) is 9.83. The molecule has 162 valence electrons. The number of aliphatic hydroxyl groups is 1. The molecule has 32 heavy (non-hydrogen) atoms. The number of anilines is 1. The minimum Gasteiger partial charge on any atom is -0.508 e. The molecule has 0 radical (unpaired) electrons. The van der Waals surface area contributed by atoms with Crippen LogP contribution in [0.15, 0.2) is 78.4 Å². The normalized spacial score (nSPS) is 17.4. The zero-order valence-corrected chi connectivity index (χ0v) is 17.5. The van der Waals surface area contributed by atoms with Gasteiger partial charge >= 0.3 is 0 Å². The van der Waals surface area contributed by atoms with Crippen LogP contribution in [-0.4, -0.2) is 36.1 Å². The summed E-state index contributed by atoms with van der Waals surface area (Å²) in [6.45, 7) is 0. The molecule has 1 aliphatic heterocycles. The van der Waals surface area contributed by atoms with E-state index in [2.05, 4.69) is 0 Å². The summed E-state index contributed by atoms with van der Waals surface area (Å²) < 4.78 is 10.6. The van der Waals surface area contributed by atoms with E-state index in [0.717, 1.165) is 0 Å². The molecule has 2 N–H and O–H groups in total. The van der Waals surface area contributed by atoms with Crippen molar-refractivity contribution in [1.82, 2.24) is 0 Å². The van der Waals surface area contributed by atoms with Gasteiger partial charge in [0.25, 0.3) is 11.7 Å². The molecule has 3 aromatic rings. The lowest BCUT2D eigenvalue weighted by atomic mass is 9.94. The van der Waals surface area contributed by atoms with Gasteiger partial charge in [-0.05, 0) is 48.0 Å². The van der Waals surface area contributed by atoms with E-state index in [1.54, 1.807) is 54.6 Å². The molecule has 7 heteroatoms. The van der Waals surface area contributed by atoms with Crippen molar-refractivity contribution in [3.8, 4) is 17.2 Å². The zero-order valence-electron chi connectivity index (χ0n) is 17.5. The Morgan fingerprint density at radius 1 is 0.906 bits per heavy atom. The third-order valence-corrected chi connectivity index (χ3v) is 5.33. The molecule has 0 spiro atoms. The number of hydrogen-bond acceptors (Lipinski definition) is 6. The average molecular weight is 431 g/mol. The molecule has 4 rings (SSSR count). The van der Waals surface area contributed by atoms with Crippen molar-refractivity contribution in [3.63, 3.8) is 0 Å². The first-order chi connectivity index (χ1) is 15.5. The van der Waals surface area contributed by atoms with Gasteiger partial charge in [0.1, 0.15) is 23.0 Å². The number of rotatable bonds is 5. The molecule has 3 aromatic carbocycles. The van der Waals surface area contributed by atoms with Crippen LogP contribution in [0.3, 0.4) is 0 Å². The number of carbonyl (C=O) groups is 2. The molecule has 0 aliphatic carbocycles. The summed E-state index contributed by atoms with van der Waals surface area (Å²) in [5.74, 6) is -1.30. The van der Waals surface area contributed by atoms with Crippen LogP contribution < -0.4 is 14.4 Å². The number of para-hydroxylation sites is 1. The highest BCUT2D eigenvalue weighted by Crippen LogP contribution is 2.44. The monoisotopic (exact) mass is 431 g/mol. The van der Waals surface area contributed by atoms with Crippen LogP contribution in [-0.2, 0) is 9.59 Å². The molecule has 1 heterocycles. The second kappa shape index (κ2) is 8.47. The van der Waals surface area contributed by atoms with Crippen LogP contribution in [0, 0.1) is 0 Å². The molecular weight excluding hydrogens is 410 g/mol. The minimum absolute atomic E-state index is 0.0277. The third-order valence-electron chi connectivity index (χ3n) is 5.33. The van der Waals surface area contributed by atoms with Crippen molar-refractivity contribution in [2.45, 2.75) is 6.04 Å². The van der Waals surface area contributed by atoms with Crippen molar-refractivity contribution < 1.29 is 29.3 Å². The van der Waals surface area contributed by atoms with Crippen LogP contribution in [0.2, 0.25) is 0 Å². The van der Waals surface area contributed by atoms with Gasteiger partial charge in [-0.25, -0.2) is 0 Å². The van der Waals surface area contributed by atoms with Crippen molar-refractivity contribution in [1.29, 1.82) is 0 Å². The van der Waals surface area contributed by atoms with E-state index in [1.807, 2.05) is 0 Å². The summed E-state index contributed by atoms with van der Waals surface area (Å²) in [4.78, 5) is 27.6. The number of nitrogens with zero attached hydrogens (tertiary/aromatic N) is 1. The molecule has 1 unspecified atom stereocenters. The molecule has 0 saturated carbocycles. The van der Waals surface area contributed by atoms with E-state index in [4.69, 9.17) is 9.47 Å². The average Bonchev–Trinajstić information content (AvgIpc) is 3.09. The van der Waals surface area contributed by atoms with E-state index >= 15 is 0 Å². The van der Waals surface area contributed by atoms with Crippen molar-refractivity contribution in [3.05, 3.63) is 89.5 Å². The number of aliphatic hydroxyl groups excluding tert-OH is 1. The number of Topliss-reactive ketones (excluding diaryl/α,β-unsaturated/α-hetero) is 1. The maximum atomic E-state index is 13.2. The fourth-order valence-electron chi connectivity index (χ4n) is 3.84. The van der Waals surface area contributed by atoms with E-state index in [-0.39, 0.29) is 16.9 Å². The fraction of sp³-hybridized carbons (Fsp3) is 0.120. The Balaban J connectivity index is 1.99. The molecule has 1 atom stereocenters. The first-order valence-corrected chi connectivity index (χ1v) is 9.83. The van der Waals surface area contributed by atoms with E-state index in [1.165, 1.54) is 37.3 Å². The number of benzene rings is 3. The summed E-state index contributed by atoms with van der Waals surface area (Å²) in [7, 11) is 2.92. The number of phenols is 1. The molecule has 1 saturated heterocycles. The molecule has 7 nitrogen and oxygen atoms in total. The Labute approximate surface area is 184 Å². The number of aromatic hydroxyl groups is 1. The van der Waals surface area contributed by atoms with Gasteiger partial charge in [0, 0.05) is 5.69 Å². The minimum atomic E-state index is -0.958. The SMILES string of the molecule is COc1ccc(OC)c(/C(O)=C2\C(=O)C(=O)N(c3ccccc3)C2c2cccc(O)c2)c1. The van der Waals surface area contributed by atoms with Gasteiger partial charge in [-0.3, -0.25) is 14.5 Å². The standard InChI is InChI=1S/C25H21NO6/c1-31-18-11-12-20(32-2)19(14-18)23(28)21-22(15-7-6-10-17(27)13-15)26(25(30)24(21)29)16-8-4-3-5-9-16/h3-14,22,27-28H,1-2H3/b23-21+. The zero-order chi connectivity index (χ0) is 22.8. The summed E-state index contributed by atoms with van der Waals surface area (Å²) in [6, 6.07) is 18.8. The number of amides is 1. The Kier molecular flexibility index (Phi) is 5.55. The number of ether oxygens (including phenoxy) is 2. The van der Waals surface area contributed by atoms with Crippen molar-refractivity contribution in [2.75, 3.05) is 19.1 Å². The predicted molar refractivity (Wildman–Crippen MR) is 119 cm³/mol. The summed E-state index contributed by atoms with van der Waals surface area (Å²) >= 11 is 0. The van der Waals surface area contributed by atoms with Crippen molar-refractivity contribution >= 4 is 23.1 Å². The van der Waals surface area contributed by atoms with E-state index in [0.29, 0.717) is 22.7 Å². The largest absolute Gasteiger partial charge is 0.508 e. The van der Waals surface area contributed by atoms with Crippen LogP contribution in [0.4, 0.5) is 5.69 Å². The van der Waals surface area contributed by atoms with Gasteiger partial charge in [-0.2, -0.15) is 0 Å². The topological polar surface area (TPSA) is 96.3 Å². The lowest BCUT2D eigenvalue weighted by molar-refractivity contribution is -0.132. The maximum absolute atomic E-state index is 13.2. The lowest BCUT2D eigenvalue weighted by Gasteiger charge is -2.25.